The average molecular weight is 366 g/mol. The van der Waals surface area contributed by atoms with Gasteiger partial charge in [0.1, 0.15) is 11.6 Å². The van der Waals surface area contributed by atoms with Crippen LogP contribution in [0.5, 0.6) is 5.75 Å². The monoisotopic (exact) mass is 366 g/mol. The summed E-state index contributed by atoms with van der Waals surface area (Å²) in [6, 6.07) is 11.2. The van der Waals surface area contributed by atoms with Crippen LogP contribution < -0.4 is 0 Å². The molecule has 2 aromatic rings. The zero-order chi connectivity index (χ0) is 19.4. The van der Waals surface area contributed by atoms with Gasteiger partial charge >= 0.3 is 5.97 Å². The van der Waals surface area contributed by atoms with Gasteiger partial charge in [0.25, 0.3) is 0 Å². The molecule has 0 radical (unpaired) electrons. The topological polar surface area (TPSA) is 46.5 Å². The second kappa shape index (κ2) is 8.21. The molecular formula is C23H23FO3. The predicted molar refractivity (Wildman–Crippen MR) is 103 cm³/mol. The predicted octanol–water partition coefficient (Wildman–Crippen LogP) is 5.48. The Morgan fingerprint density at radius 1 is 1.07 bits per heavy atom. The highest BCUT2D eigenvalue weighted by molar-refractivity contribution is 5.90. The van der Waals surface area contributed by atoms with Gasteiger partial charge in [0, 0.05) is 6.42 Å². The number of hydrogen-bond donors (Lipinski definition) is 1. The van der Waals surface area contributed by atoms with Crippen molar-refractivity contribution in [3.05, 3.63) is 88.0 Å². The van der Waals surface area contributed by atoms with E-state index in [2.05, 4.69) is 0 Å². The van der Waals surface area contributed by atoms with Gasteiger partial charge in [-0.05, 0) is 73.6 Å². The van der Waals surface area contributed by atoms with Crippen molar-refractivity contribution in [2.75, 3.05) is 0 Å². The average Bonchev–Trinajstić information content (AvgIpc) is 2.66. The molecule has 0 atom stereocenters. The van der Waals surface area contributed by atoms with Crippen LogP contribution >= 0.6 is 0 Å². The van der Waals surface area contributed by atoms with E-state index in [9.17, 15) is 14.3 Å². The summed E-state index contributed by atoms with van der Waals surface area (Å²) in [6.07, 6.45) is 5.86. The van der Waals surface area contributed by atoms with Crippen molar-refractivity contribution in [2.24, 2.45) is 0 Å². The molecule has 0 saturated heterocycles. The van der Waals surface area contributed by atoms with Crippen molar-refractivity contribution in [3.8, 4) is 5.75 Å². The largest absolute Gasteiger partial charge is 0.507 e. The minimum Gasteiger partial charge on any atom is -0.507 e. The molecule has 0 unspecified atom stereocenters. The number of carbonyl (C=O) groups is 1. The number of phenolic OH excluding ortho intramolecular Hbond substituents is 1. The third kappa shape index (κ3) is 4.64. The van der Waals surface area contributed by atoms with E-state index < -0.39 is 5.97 Å². The first kappa shape index (κ1) is 18.9. The molecule has 0 saturated carbocycles. The summed E-state index contributed by atoms with van der Waals surface area (Å²) >= 11 is 0. The summed E-state index contributed by atoms with van der Waals surface area (Å²) in [5.74, 6) is -0.584. The van der Waals surface area contributed by atoms with Crippen LogP contribution in [0.3, 0.4) is 0 Å². The lowest BCUT2D eigenvalue weighted by atomic mass is 9.99. The fraction of sp³-hybridized carbons (Fsp3) is 0.261. The van der Waals surface area contributed by atoms with Gasteiger partial charge in [-0.1, -0.05) is 30.3 Å². The molecular weight excluding hydrogens is 343 g/mol. The molecule has 27 heavy (non-hydrogen) atoms. The van der Waals surface area contributed by atoms with Gasteiger partial charge < -0.3 is 9.84 Å². The van der Waals surface area contributed by atoms with E-state index in [1.807, 2.05) is 38.1 Å². The normalized spacial score (nSPS) is 13.7. The molecule has 0 bridgehead atoms. The lowest BCUT2D eigenvalue weighted by molar-refractivity contribution is 0.0625. The number of halogens is 1. The second-order valence-corrected chi connectivity index (χ2v) is 6.87. The number of benzene rings is 2. The molecule has 0 spiro atoms. The van der Waals surface area contributed by atoms with Crippen molar-refractivity contribution in [1.29, 1.82) is 0 Å². The zero-order valence-corrected chi connectivity index (χ0v) is 15.6. The van der Waals surface area contributed by atoms with Crippen LogP contribution in [0.25, 0.3) is 0 Å². The van der Waals surface area contributed by atoms with E-state index in [-0.39, 0.29) is 18.0 Å². The van der Waals surface area contributed by atoms with E-state index in [1.54, 1.807) is 18.2 Å². The molecule has 1 aliphatic carbocycles. The fourth-order valence-corrected chi connectivity index (χ4v) is 3.15. The Balaban J connectivity index is 1.62. The van der Waals surface area contributed by atoms with Gasteiger partial charge in [0.05, 0.1) is 5.56 Å². The highest BCUT2D eigenvalue weighted by Gasteiger charge is 2.15. The Kier molecular flexibility index (Phi) is 5.75. The number of carbonyl (C=O) groups excluding carboxylic acids is 1. The van der Waals surface area contributed by atoms with E-state index in [1.165, 1.54) is 6.08 Å². The van der Waals surface area contributed by atoms with Crippen LogP contribution in [0, 0.1) is 13.8 Å². The maximum absolute atomic E-state index is 13.7. The van der Waals surface area contributed by atoms with Gasteiger partial charge in [0.15, 0.2) is 5.76 Å². The van der Waals surface area contributed by atoms with Crippen LogP contribution in [0.4, 0.5) is 4.39 Å². The smallest absolute Gasteiger partial charge is 0.343 e. The van der Waals surface area contributed by atoms with Gasteiger partial charge in [-0.2, -0.15) is 0 Å². The van der Waals surface area contributed by atoms with Crippen molar-refractivity contribution >= 4 is 5.97 Å². The SMILES string of the molecule is Cc1cc(CCc2ccc(C(=O)OC3=C(F)CCC=C3)cc2)cc(C)c1O. The van der Waals surface area contributed by atoms with Gasteiger partial charge in [-0.3, -0.25) is 0 Å². The molecule has 1 N–H and O–H groups in total. The number of rotatable bonds is 5. The quantitative estimate of drug-likeness (QED) is 0.713. The number of aryl methyl sites for hydroxylation is 4. The number of hydrogen-bond acceptors (Lipinski definition) is 3. The Morgan fingerprint density at radius 2 is 1.70 bits per heavy atom. The third-order valence-electron chi connectivity index (χ3n) is 4.71. The van der Waals surface area contributed by atoms with E-state index in [4.69, 9.17) is 4.74 Å². The zero-order valence-electron chi connectivity index (χ0n) is 15.6. The van der Waals surface area contributed by atoms with Crippen LogP contribution in [0.15, 0.2) is 60.1 Å². The molecule has 0 aliphatic heterocycles. The van der Waals surface area contributed by atoms with E-state index in [0.29, 0.717) is 17.7 Å². The minimum absolute atomic E-state index is 0.00777. The Bertz CT molecular complexity index is 885. The molecule has 0 aromatic heterocycles. The maximum atomic E-state index is 13.7. The molecule has 0 heterocycles. The third-order valence-corrected chi connectivity index (χ3v) is 4.71. The van der Waals surface area contributed by atoms with Gasteiger partial charge in [-0.25, -0.2) is 9.18 Å². The molecule has 0 amide bonds. The van der Waals surface area contributed by atoms with Crippen molar-refractivity contribution in [2.45, 2.75) is 39.5 Å². The molecule has 2 aromatic carbocycles. The molecule has 1 aliphatic rings. The summed E-state index contributed by atoms with van der Waals surface area (Å²) in [5.41, 5.74) is 4.41. The number of esters is 1. The molecule has 4 heteroatoms. The first-order valence-corrected chi connectivity index (χ1v) is 9.09. The lowest BCUT2D eigenvalue weighted by Crippen LogP contribution is -2.06. The summed E-state index contributed by atoms with van der Waals surface area (Å²) in [6.45, 7) is 3.79. The summed E-state index contributed by atoms with van der Waals surface area (Å²) < 4.78 is 18.8. The second-order valence-electron chi connectivity index (χ2n) is 6.87. The van der Waals surface area contributed by atoms with Crippen LogP contribution in [0.1, 0.15) is 45.5 Å². The van der Waals surface area contributed by atoms with Gasteiger partial charge in [0.2, 0.25) is 0 Å². The van der Waals surface area contributed by atoms with Crippen molar-refractivity contribution in [3.63, 3.8) is 0 Å². The number of allylic oxidation sites excluding steroid dienone is 3. The maximum Gasteiger partial charge on any atom is 0.343 e. The minimum atomic E-state index is -0.553. The van der Waals surface area contributed by atoms with Crippen LogP contribution in [0.2, 0.25) is 0 Å². The lowest BCUT2D eigenvalue weighted by Gasteiger charge is -2.10. The molecule has 0 fully saturated rings. The fourth-order valence-electron chi connectivity index (χ4n) is 3.15. The Morgan fingerprint density at radius 3 is 2.33 bits per heavy atom. The van der Waals surface area contributed by atoms with E-state index in [0.717, 1.165) is 35.1 Å². The first-order chi connectivity index (χ1) is 12.9. The van der Waals surface area contributed by atoms with Crippen molar-refractivity contribution < 1.29 is 19.0 Å². The highest BCUT2D eigenvalue weighted by atomic mass is 19.1. The summed E-state index contributed by atoms with van der Waals surface area (Å²) in [7, 11) is 0. The van der Waals surface area contributed by atoms with Crippen LogP contribution in [-0.2, 0) is 17.6 Å². The first-order valence-electron chi connectivity index (χ1n) is 9.09. The Hall–Kier alpha value is -2.88. The number of phenols is 1. The van der Waals surface area contributed by atoms with Crippen LogP contribution in [-0.4, -0.2) is 11.1 Å². The standard InChI is InChI=1S/C23H23FO3/c1-15-13-18(14-16(2)22(15)25)8-7-17-9-11-19(12-10-17)23(26)27-21-6-4-3-5-20(21)24/h4,6,9-14,25H,3,5,7-8H2,1-2H3. The molecule has 3 nitrogen and oxygen atoms in total. The Labute approximate surface area is 158 Å². The number of aromatic hydroxyl groups is 1. The molecule has 3 rings (SSSR count). The highest BCUT2D eigenvalue weighted by Crippen LogP contribution is 2.24. The van der Waals surface area contributed by atoms with Crippen molar-refractivity contribution in [1.82, 2.24) is 0 Å². The number of ether oxygens (including phenoxy) is 1. The summed E-state index contributed by atoms with van der Waals surface area (Å²) in [4.78, 5) is 12.2. The summed E-state index contributed by atoms with van der Waals surface area (Å²) in [5, 5.41) is 9.86. The van der Waals surface area contributed by atoms with Gasteiger partial charge in [-0.15, -0.1) is 0 Å². The van der Waals surface area contributed by atoms with E-state index >= 15 is 0 Å². The molecule has 140 valence electrons.